The van der Waals surface area contributed by atoms with Crippen molar-refractivity contribution in [3.05, 3.63) is 35.0 Å². The molecule has 1 aliphatic heterocycles. The molecule has 0 unspecified atom stereocenters. The number of pyridine rings is 1. The molecule has 9 heteroatoms. The first-order valence-corrected chi connectivity index (χ1v) is 9.23. The number of aliphatic hydroxyl groups is 1. The number of ether oxygens (including phenoxy) is 1. The number of imidazole rings is 1. The van der Waals surface area contributed by atoms with Gasteiger partial charge in [-0.3, -0.25) is 9.20 Å². The maximum Gasteiger partial charge on any atom is 0.277 e. The topological polar surface area (TPSA) is 70.3 Å². The van der Waals surface area contributed by atoms with Crippen molar-refractivity contribution in [2.75, 3.05) is 53.6 Å². The van der Waals surface area contributed by atoms with Crippen molar-refractivity contribution in [1.82, 2.24) is 19.2 Å². The van der Waals surface area contributed by atoms with Crippen molar-refractivity contribution in [3.8, 4) is 0 Å². The Labute approximate surface area is 162 Å². The Morgan fingerprint density at radius 1 is 1.44 bits per heavy atom. The van der Waals surface area contributed by atoms with E-state index in [9.17, 15) is 14.3 Å². The number of hydrogen-bond donors (Lipinski definition) is 1. The lowest BCUT2D eigenvalue weighted by atomic mass is 9.96. The third-order valence-electron chi connectivity index (χ3n) is 5.05. The first-order chi connectivity index (χ1) is 12.9. The molecule has 1 fully saturated rings. The number of nitrogens with zero attached hydrogens (tertiary/aromatic N) is 4. The van der Waals surface area contributed by atoms with Gasteiger partial charge in [0.1, 0.15) is 5.65 Å². The Morgan fingerprint density at radius 3 is 2.89 bits per heavy atom. The minimum absolute atomic E-state index is 0.0180. The van der Waals surface area contributed by atoms with Gasteiger partial charge >= 0.3 is 0 Å². The summed E-state index contributed by atoms with van der Waals surface area (Å²) in [7, 11) is 3.63. The fourth-order valence-electron chi connectivity index (χ4n) is 3.53. The molecule has 2 aromatic rings. The van der Waals surface area contributed by atoms with Crippen molar-refractivity contribution in [3.63, 3.8) is 0 Å². The van der Waals surface area contributed by atoms with E-state index in [1.54, 1.807) is 24.1 Å². The fraction of sp³-hybridized carbons (Fsp3) is 0.556. The Hall–Kier alpha value is -1.74. The second-order valence-corrected chi connectivity index (χ2v) is 7.43. The van der Waals surface area contributed by atoms with E-state index in [4.69, 9.17) is 16.3 Å². The highest BCUT2D eigenvalue weighted by atomic mass is 35.5. The van der Waals surface area contributed by atoms with Crippen molar-refractivity contribution < 1.29 is 19.0 Å². The minimum Gasteiger partial charge on any atom is -0.396 e. The molecule has 7 nitrogen and oxygen atoms in total. The molecular weight excluding hydrogens is 375 g/mol. The molecule has 0 bridgehead atoms. The van der Waals surface area contributed by atoms with Crippen molar-refractivity contribution >= 4 is 23.2 Å². The number of hydrogen-bond acceptors (Lipinski definition) is 5. The second-order valence-electron chi connectivity index (χ2n) is 6.99. The molecule has 3 heterocycles. The Morgan fingerprint density at radius 2 is 2.19 bits per heavy atom. The number of aromatic nitrogens is 2. The van der Waals surface area contributed by atoms with Crippen LogP contribution in [0.2, 0.25) is 5.02 Å². The van der Waals surface area contributed by atoms with Crippen molar-refractivity contribution in [2.24, 2.45) is 11.8 Å². The number of methoxy groups -OCH3 is 1. The van der Waals surface area contributed by atoms with Crippen LogP contribution in [0, 0.1) is 17.8 Å². The van der Waals surface area contributed by atoms with Gasteiger partial charge in [0.05, 0.1) is 11.6 Å². The van der Waals surface area contributed by atoms with Gasteiger partial charge in [-0.1, -0.05) is 11.6 Å². The second kappa shape index (κ2) is 8.52. The molecule has 1 amide bonds. The van der Waals surface area contributed by atoms with Crippen LogP contribution in [-0.4, -0.2) is 83.7 Å². The molecule has 0 aliphatic carbocycles. The smallest absolute Gasteiger partial charge is 0.277 e. The van der Waals surface area contributed by atoms with Gasteiger partial charge in [-0.2, -0.15) is 4.39 Å². The first-order valence-electron chi connectivity index (χ1n) is 8.85. The Bertz CT molecular complexity index is 815. The van der Waals surface area contributed by atoms with Gasteiger partial charge < -0.3 is 19.6 Å². The molecule has 1 aliphatic rings. The highest BCUT2D eigenvalue weighted by molar-refractivity contribution is 6.30. The van der Waals surface area contributed by atoms with E-state index >= 15 is 0 Å². The molecule has 0 saturated carbocycles. The standard InChI is InChI=1S/C18H24ClFN4O3/c1-22(5-6-27-2)7-12-8-23(9-13(12)11-25)18(26)16-17(20)24-10-14(19)3-4-15(24)21-16/h3-4,10,12-13,25H,5-9,11H2,1-2H3/t12-,13-/m1/s1. The maximum atomic E-state index is 14.7. The summed E-state index contributed by atoms with van der Waals surface area (Å²) in [6, 6.07) is 3.16. The normalized spacial score (nSPS) is 20.1. The van der Waals surface area contributed by atoms with Crippen molar-refractivity contribution in [2.45, 2.75) is 0 Å². The molecule has 0 spiro atoms. The van der Waals surface area contributed by atoms with Gasteiger partial charge in [-0.25, -0.2) is 4.98 Å². The highest BCUT2D eigenvalue weighted by Crippen LogP contribution is 2.26. The average Bonchev–Trinajstić information content (AvgIpc) is 3.20. The maximum absolute atomic E-state index is 14.7. The van der Waals surface area contributed by atoms with Crippen LogP contribution in [0.25, 0.3) is 5.65 Å². The summed E-state index contributed by atoms with van der Waals surface area (Å²) in [6.07, 6.45) is 1.39. The number of rotatable bonds is 7. The van der Waals surface area contributed by atoms with Crippen LogP contribution in [-0.2, 0) is 4.74 Å². The lowest BCUT2D eigenvalue weighted by Crippen LogP contribution is -2.34. The lowest BCUT2D eigenvalue weighted by Gasteiger charge is -2.23. The Kier molecular flexibility index (Phi) is 6.31. The van der Waals surface area contributed by atoms with Crippen LogP contribution in [0.15, 0.2) is 18.3 Å². The predicted octanol–water partition coefficient (Wildman–Crippen LogP) is 1.39. The van der Waals surface area contributed by atoms with E-state index in [1.165, 1.54) is 10.6 Å². The zero-order valence-corrected chi connectivity index (χ0v) is 16.2. The average molecular weight is 399 g/mol. The molecule has 148 valence electrons. The van der Waals surface area contributed by atoms with E-state index in [-0.39, 0.29) is 24.1 Å². The summed E-state index contributed by atoms with van der Waals surface area (Å²) in [5.74, 6) is -1.13. The summed E-state index contributed by atoms with van der Waals surface area (Å²) in [5, 5.41) is 10.1. The molecule has 2 atom stereocenters. The van der Waals surface area contributed by atoms with E-state index < -0.39 is 11.9 Å². The molecule has 1 N–H and O–H groups in total. The first kappa shape index (κ1) is 20.0. The summed E-state index contributed by atoms with van der Waals surface area (Å²) >= 11 is 5.90. The minimum atomic E-state index is -0.723. The van der Waals surface area contributed by atoms with Gasteiger partial charge in [-0.05, 0) is 25.1 Å². The quantitative estimate of drug-likeness (QED) is 0.763. The summed E-state index contributed by atoms with van der Waals surface area (Å²) in [6.45, 7) is 2.92. The number of carbonyl (C=O) groups excluding carboxylic acids is 1. The number of halogens is 2. The van der Waals surface area contributed by atoms with Crippen LogP contribution in [0.3, 0.4) is 0 Å². The molecule has 2 aromatic heterocycles. The number of carbonyl (C=O) groups is 1. The van der Waals surface area contributed by atoms with E-state index in [0.29, 0.717) is 30.4 Å². The van der Waals surface area contributed by atoms with Gasteiger partial charge in [0.2, 0.25) is 5.95 Å². The Balaban J connectivity index is 1.74. The SMILES string of the molecule is COCCN(C)C[C@@H]1CN(C(=O)c2nc3ccc(Cl)cn3c2F)C[C@@H]1CO. The van der Waals surface area contributed by atoms with Crippen LogP contribution in [0.1, 0.15) is 10.5 Å². The highest BCUT2D eigenvalue weighted by Gasteiger charge is 2.37. The number of fused-ring (bicyclic) bond motifs is 1. The van der Waals surface area contributed by atoms with Crippen LogP contribution >= 0.6 is 11.6 Å². The van der Waals surface area contributed by atoms with Crippen molar-refractivity contribution in [1.29, 1.82) is 0 Å². The molecule has 3 rings (SSSR count). The van der Waals surface area contributed by atoms with Gasteiger partial charge in [-0.15, -0.1) is 0 Å². The monoisotopic (exact) mass is 398 g/mol. The van der Waals surface area contributed by atoms with Gasteiger partial charge in [0.15, 0.2) is 5.69 Å². The van der Waals surface area contributed by atoms with E-state index in [0.717, 1.165) is 13.1 Å². The molecular formula is C18H24ClFN4O3. The predicted molar refractivity (Wildman–Crippen MR) is 99.5 cm³/mol. The number of amides is 1. The molecule has 1 saturated heterocycles. The molecule has 27 heavy (non-hydrogen) atoms. The zero-order valence-electron chi connectivity index (χ0n) is 15.4. The number of aliphatic hydroxyl groups excluding tert-OH is 1. The number of likely N-dealkylation sites (tertiary alicyclic amines) is 1. The fourth-order valence-corrected chi connectivity index (χ4v) is 3.69. The zero-order chi connectivity index (χ0) is 19.6. The van der Waals surface area contributed by atoms with Gasteiger partial charge in [0.25, 0.3) is 5.91 Å². The number of likely N-dealkylation sites (N-methyl/N-ethyl adjacent to an activating group) is 1. The molecule has 0 aromatic carbocycles. The molecule has 0 radical (unpaired) electrons. The summed E-state index contributed by atoms with van der Waals surface area (Å²) < 4.78 is 20.9. The van der Waals surface area contributed by atoms with Crippen LogP contribution in [0.4, 0.5) is 4.39 Å². The summed E-state index contributed by atoms with van der Waals surface area (Å²) in [5.41, 5.74) is 0.108. The largest absolute Gasteiger partial charge is 0.396 e. The third-order valence-corrected chi connectivity index (χ3v) is 5.27. The van der Waals surface area contributed by atoms with E-state index in [1.807, 2.05) is 7.05 Å². The van der Waals surface area contributed by atoms with E-state index in [2.05, 4.69) is 9.88 Å². The van der Waals surface area contributed by atoms with Crippen LogP contribution < -0.4 is 0 Å². The van der Waals surface area contributed by atoms with Crippen LogP contribution in [0.5, 0.6) is 0 Å². The lowest BCUT2D eigenvalue weighted by molar-refractivity contribution is 0.0768. The van der Waals surface area contributed by atoms with Gasteiger partial charge in [0, 0.05) is 52.0 Å². The third kappa shape index (κ3) is 4.24. The summed E-state index contributed by atoms with van der Waals surface area (Å²) in [4.78, 5) is 20.7.